The topological polar surface area (TPSA) is 60.9 Å². The number of β-amino-alcohol motifs (C(OH)–C–C–N with tert-alkyl or cyclic N) is 1. The maximum atomic E-state index is 11.4. The number of hydrogen-bond acceptors (Lipinski definition) is 4. The Labute approximate surface area is 101 Å². The Morgan fingerprint density at radius 3 is 2.47 bits per heavy atom. The van der Waals surface area contributed by atoms with E-state index >= 15 is 0 Å². The molecule has 5 heteroatoms. The van der Waals surface area contributed by atoms with E-state index < -0.39 is 0 Å². The van der Waals surface area contributed by atoms with Gasteiger partial charge in [-0.2, -0.15) is 0 Å². The molecule has 2 unspecified atom stereocenters. The van der Waals surface area contributed by atoms with Crippen LogP contribution in [0.5, 0.6) is 0 Å². The summed E-state index contributed by atoms with van der Waals surface area (Å²) in [5.74, 6) is 0.239. The van der Waals surface area contributed by atoms with Crippen molar-refractivity contribution in [2.75, 3.05) is 26.2 Å². The number of hydrogen-bond donors (Lipinski definition) is 1. The van der Waals surface area contributed by atoms with E-state index in [9.17, 15) is 14.7 Å². The van der Waals surface area contributed by atoms with Crippen molar-refractivity contribution in [2.24, 2.45) is 5.92 Å². The van der Waals surface area contributed by atoms with Crippen LogP contribution < -0.4 is 0 Å². The molecule has 2 rings (SSSR count). The van der Waals surface area contributed by atoms with Crippen LogP contribution in [0.25, 0.3) is 0 Å². The van der Waals surface area contributed by atoms with E-state index in [-0.39, 0.29) is 17.9 Å². The summed E-state index contributed by atoms with van der Waals surface area (Å²) in [6.07, 6.45) is 1.41. The highest BCUT2D eigenvalue weighted by Gasteiger charge is 2.30. The Morgan fingerprint density at radius 2 is 1.88 bits per heavy atom. The van der Waals surface area contributed by atoms with Gasteiger partial charge >= 0.3 is 0 Å². The summed E-state index contributed by atoms with van der Waals surface area (Å²) in [6, 6.07) is 0. The monoisotopic (exact) mass is 240 g/mol. The van der Waals surface area contributed by atoms with Crippen molar-refractivity contribution in [2.45, 2.75) is 32.3 Å². The normalized spacial score (nSPS) is 31.3. The molecule has 0 radical (unpaired) electrons. The van der Waals surface area contributed by atoms with Crippen molar-refractivity contribution < 1.29 is 14.7 Å². The molecule has 1 N–H and O–H groups in total. The molecular weight excluding hydrogens is 220 g/mol. The lowest BCUT2D eigenvalue weighted by Gasteiger charge is -2.34. The van der Waals surface area contributed by atoms with E-state index in [2.05, 4.69) is 11.8 Å². The van der Waals surface area contributed by atoms with Gasteiger partial charge in [0.2, 0.25) is 11.8 Å². The van der Waals surface area contributed by atoms with Crippen molar-refractivity contribution in [3.8, 4) is 0 Å². The van der Waals surface area contributed by atoms with Crippen molar-refractivity contribution in [3.05, 3.63) is 0 Å². The van der Waals surface area contributed by atoms with E-state index in [1.807, 2.05) is 0 Å². The first kappa shape index (κ1) is 12.5. The molecule has 5 nitrogen and oxygen atoms in total. The fourth-order valence-corrected chi connectivity index (χ4v) is 2.43. The molecule has 2 amide bonds. The Hall–Kier alpha value is -0.940. The van der Waals surface area contributed by atoms with Crippen LogP contribution in [0.2, 0.25) is 0 Å². The molecule has 2 aliphatic rings. The predicted octanol–water partition coefficient (Wildman–Crippen LogP) is -0.162. The Morgan fingerprint density at radius 1 is 1.24 bits per heavy atom. The third-order valence-corrected chi connectivity index (χ3v) is 3.80. The second-order valence-electron chi connectivity index (χ2n) is 5.07. The molecule has 0 aromatic carbocycles. The average Bonchev–Trinajstić information content (AvgIpc) is 2.61. The van der Waals surface area contributed by atoms with Gasteiger partial charge in [-0.25, -0.2) is 0 Å². The average molecular weight is 240 g/mol. The highest BCUT2D eigenvalue weighted by atomic mass is 16.3. The Balaban J connectivity index is 1.79. The summed E-state index contributed by atoms with van der Waals surface area (Å²) in [6.45, 7) is 4.79. The number of carbonyl (C=O) groups is 2. The predicted molar refractivity (Wildman–Crippen MR) is 62.2 cm³/mol. The number of imide groups is 1. The molecule has 2 aliphatic heterocycles. The van der Waals surface area contributed by atoms with E-state index in [1.165, 1.54) is 4.90 Å². The molecule has 0 spiro atoms. The van der Waals surface area contributed by atoms with Gasteiger partial charge in [0.25, 0.3) is 0 Å². The van der Waals surface area contributed by atoms with Crippen molar-refractivity contribution in [1.29, 1.82) is 0 Å². The van der Waals surface area contributed by atoms with Gasteiger partial charge < -0.3 is 5.11 Å². The number of aliphatic hydroxyl groups excluding tert-OH is 1. The number of piperidine rings is 1. The minimum absolute atomic E-state index is 0.0547. The lowest BCUT2D eigenvalue weighted by atomic mass is 9.96. The molecular formula is C12H20N2O3. The molecule has 0 saturated carbocycles. The second kappa shape index (κ2) is 5.14. The summed E-state index contributed by atoms with van der Waals surface area (Å²) in [4.78, 5) is 26.3. The molecule has 17 heavy (non-hydrogen) atoms. The third-order valence-electron chi connectivity index (χ3n) is 3.80. The van der Waals surface area contributed by atoms with Crippen LogP contribution in [-0.2, 0) is 9.59 Å². The smallest absolute Gasteiger partial charge is 0.229 e. The molecule has 2 atom stereocenters. The van der Waals surface area contributed by atoms with E-state index in [4.69, 9.17) is 0 Å². The SMILES string of the molecule is CC1CCN(CCN2C(=O)CCC2=O)CC1O. The number of likely N-dealkylation sites (tertiary alicyclic amines) is 2. The summed E-state index contributed by atoms with van der Waals surface area (Å²) in [5, 5.41) is 9.75. The van der Waals surface area contributed by atoms with Crippen LogP contribution in [0.4, 0.5) is 0 Å². The fraction of sp³-hybridized carbons (Fsp3) is 0.833. The molecule has 0 bridgehead atoms. The molecule has 0 aliphatic carbocycles. The number of rotatable bonds is 3. The zero-order valence-electron chi connectivity index (χ0n) is 10.3. The number of nitrogens with zero attached hydrogens (tertiary/aromatic N) is 2. The maximum absolute atomic E-state index is 11.4. The van der Waals surface area contributed by atoms with Gasteiger partial charge in [0.05, 0.1) is 6.10 Å². The number of amides is 2. The van der Waals surface area contributed by atoms with Crippen molar-refractivity contribution in [1.82, 2.24) is 9.80 Å². The summed E-state index contributed by atoms with van der Waals surface area (Å²) < 4.78 is 0. The van der Waals surface area contributed by atoms with Crippen molar-refractivity contribution in [3.63, 3.8) is 0 Å². The van der Waals surface area contributed by atoms with Crippen LogP contribution in [0.15, 0.2) is 0 Å². The number of carbonyl (C=O) groups excluding carboxylic acids is 2. The van der Waals surface area contributed by atoms with Crippen LogP contribution in [0.3, 0.4) is 0 Å². The Bertz CT molecular complexity index is 303. The molecule has 0 aromatic heterocycles. The maximum Gasteiger partial charge on any atom is 0.229 e. The minimum atomic E-state index is -0.284. The first-order chi connectivity index (χ1) is 8.08. The van der Waals surface area contributed by atoms with Gasteiger partial charge in [-0.05, 0) is 18.9 Å². The quantitative estimate of drug-likeness (QED) is 0.696. The lowest BCUT2D eigenvalue weighted by Crippen LogP contribution is -2.46. The first-order valence-electron chi connectivity index (χ1n) is 6.31. The minimum Gasteiger partial charge on any atom is -0.392 e. The summed E-state index contributed by atoms with van der Waals surface area (Å²) in [5.41, 5.74) is 0. The summed E-state index contributed by atoms with van der Waals surface area (Å²) in [7, 11) is 0. The standard InChI is InChI=1S/C12H20N2O3/c1-9-4-5-13(8-10(9)15)6-7-14-11(16)2-3-12(14)17/h9-10,15H,2-8H2,1H3. The second-order valence-corrected chi connectivity index (χ2v) is 5.07. The van der Waals surface area contributed by atoms with Gasteiger partial charge in [0, 0.05) is 32.5 Å². The van der Waals surface area contributed by atoms with Crippen LogP contribution in [0, 0.1) is 5.92 Å². The van der Waals surface area contributed by atoms with Crippen LogP contribution in [-0.4, -0.2) is 59.0 Å². The molecule has 0 aromatic rings. The van der Waals surface area contributed by atoms with E-state index in [0.29, 0.717) is 38.4 Å². The fourth-order valence-electron chi connectivity index (χ4n) is 2.43. The van der Waals surface area contributed by atoms with Gasteiger partial charge in [0.15, 0.2) is 0 Å². The molecule has 2 fully saturated rings. The van der Waals surface area contributed by atoms with E-state index in [1.54, 1.807) is 0 Å². The lowest BCUT2D eigenvalue weighted by molar-refractivity contribution is -0.138. The van der Waals surface area contributed by atoms with Gasteiger partial charge in [-0.3, -0.25) is 19.4 Å². The Kier molecular flexibility index (Phi) is 3.79. The van der Waals surface area contributed by atoms with Crippen molar-refractivity contribution >= 4 is 11.8 Å². The summed E-state index contributed by atoms with van der Waals surface area (Å²) >= 11 is 0. The highest BCUT2D eigenvalue weighted by Crippen LogP contribution is 2.17. The van der Waals surface area contributed by atoms with Crippen LogP contribution in [0.1, 0.15) is 26.2 Å². The largest absolute Gasteiger partial charge is 0.392 e. The van der Waals surface area contributed by atoms with Gasteiger partial charge in [0.1, 0.15) is 0 Å². The van der Waals surface area contributed by atoms with Crippen LogP contribution >= 0.6 is 0 Å². The van der Waals surface area contributed by atoms with Gasteiger partial charge in [-0.15, -0.1) is 0 Å². The van der Waals surface area contributed by atoms with E-state index in [0.717, 1.165) is 13.0 Å². The first-order valence-corrected chi connectivity index (χ1v) is 6.31. The molecule has 2 saturated heterocycles. The number of aliphatic hydroxyl groups is 1. The van der Waals surface area contributed by atoms with Gasteiger partial charge in [-0.1, -0.05) is 6.92 Å². The third kappa shape index (κ3) is 2.84. The molecule has 96 valence electrons. The molecule has 2 heterocycles. The zero-order chi connectivity index (χ0) is 12.4. The highest BCUT2D eigenvalue weighted by molar-refractivity contribution is 6.01. The zero-order valence-corrected chi connectivity index (χ0v) is 10.3.